The van der Waals surface area contributed by atoms with Gasteiger partial charge in [0.2, 0.25) is 0 Å². The molecule has 4 rings (SSSR count). The van der Waals surface area contributed by atoms with E-state index >= 15 is 0 Å². The summed E-state index contributed by atoms with van der Waals surface area (Å²) in [5, 5.41) is 3.70. The Morgan fingerprint density at radius 3 is 1.80 bits per heavy atom. The molecule has 2 aromatic rings. The molecule has 0 unspecified atom stereocenters. The number of benzene rings is 2. The van der Waals surface area contributed by atoms with Crippen LogP contribution in [0, 0.1) is 17.8 Å². The fourth-order valence-corrected chi connectivity index (χ4v) is 6.65. The third-order valence-corrected chi connectivity index (χ3v) is 9.27. The summed E-state index contributed by atoms with van der Waals surface area (Å²) in [5.74, 6) is 1.66. The number of hydrogen-bond acceptors (Lipinski definition) is 4. The molecule has 5 atom stereocenters. The number of rotatable bonds is 6. The summed E-state index contributed by atoms with van der Waals surface area (Å²) in [4.78, 5) is 12.9. The second kappa shape index (κ2) is 12.3. The van der Waals surface area contributed by atoms with Crippen LogP contribution in [0.3, 0.4) is 0 Å². The van der Waals surface area contributed by atoms with E-state index in [0.717, 1.165) is 19.3 Å². The summed E-state index contributed by atoms with van der Waals surface area (Å²) in [7, 11) is 0. The molecule has 4 heteroatoms. The first-order valence-corrected chi connectivity index (χ1v) is 15.5. The zero-order valence-corrected chi connectivity index (χ0v) is 26.4. The highest BCUT2D eigenvalue weighted by atomic mass is 16.7. The molecule has 0 bridgehead atoms. The van der Waals surface area contributed by atoms with E-state index in [2.05, 4.69) is 116 Å². The number of nitrogens with one attached hydrogen (secondary N) is 1. The van der Waals surface area contributed by atoms with E-state index in [0.29, 0.717) is 24.3 Å². The molecule has 2 aromatic carbocycles. The fraction of sp³-hybridized carbons (Fsp3) is 0.639. The lowest BCUT2D eigenvalue weighted by molar-refractivity contribution is -0.0428. The van der Waals surface area contributed by atoms with Gasteiger partial charge in [0.05, 0.1) is 0 Å². The van der Waals surface area contributed by atoms with E-state index in [-0.39, 0.29) is 35.0 Å². The van der Waals surface area contributed by atoms with Crippen LogP contribution in [0.2, 0.25) is 0 Å². The minimum atomic E-state index is -0.502. The van der Waals surface area contributed by atoms with Crippen LogP contribution in [-0.4, -0.2) is 30.9 Å². The van der Waals surface area contributed by atoms with Gasteiger partial charge in [-0.05, 0) is 63.7 Å². The number of carbonyl (C=O) groups is 1. The van der Waals surface area contributed by atoms with Gasteiger partial charge in [-0.3, -0.25) is 0 Å². The molecule has 1 N–H and O–H groups in total. The van der Waals surface area contributed by atoms with Crippen LogP contribution in [0.1, 0.15) is 116 Å². The molecular formula is C36H53NO3. The monoisotopic (exact) mass is 547 g/mol. The van der Waals surface area contributed by atoms with Gasteiger partial charge in [0.25, 0.3) is 0 Å². The van der Waals surface area contributed by atoms with Crippen molar-refractivity contribution < 1.29 is 14.3 Å². The summed E-state index contributed by atoms with van der Waals surface area (Å²) in [6, 6.07) is 18.4. The Bertz CT molecular complexity index is 1050. The van der Waals surface area contributed by atoms with Gasteiger partial charge in [-0.1, -0.05) is 117 Å². The van der Waals surface area contributed by atoms with Gasteiger partial charge < -0.3 is 14.8 Å². The topological polar surface area (TPSA) is 47.6 Å². The molecule has 0 aromatic heterocycles. The lowest BCUT2D eigenvalue weighted by Gasteiger charge is -2.36. The number of hydrogen-bond donors (Lipinski definition) is 1. The zero-order valence-electron chi connectivity index (χ0n) is 26.4. The van der Waals surface area contributed by atoms with Gasteiger partial charge >= 0.3 is 6.16 Å². The average Bonchev–Trinajstić information content (AvgIpc) is 3.31. The molecular weight excluding hydrogens is 494 g/mol. The first-order valence-electron chi connectivity index (χ1n) is 15.5. The molecule has 1 aliphatic heterocycles. The van der Waals surface area contributed by atoms with Crippen molar-refractivity contribution in [1.29, 1.82) is 0 Å². The normalized spacial score (nSPS) is 25.8. The fourth-order valence-electron chi connectivity index (χ4n) is 6.65. The minimum absolute atomic E-state index is 0.0446. The van der Waals surface area contributed by atoms with Crippen molar-refractivity contribution in [2.75, 3.05) is 6.54 Å². The molecule has 40 heavy (non-hydrogen) atoms. The van der Waals surface area contributed by atoms with Gasteiger partial charge in [-0.25, -0.2) is 4.79 Å². The molecule has 220 valence electrons. The molecule has 4 nitrogen and oxygen atoms in total. The lowest BCUT2D eigenvalue weighted by Crippen LogP contribution is -2.36. The Labute approximate surface area is 243 Å². The molecule has 1 heterocycles. The van der Waals surface area contributed by atoms with Gasteiger partial charge in [-0.2, -0.15) is 0 Å². The van der Waals surface area contributed by atoms with Crippen LogP contribution in [0.5, 0.6) is 0 Å². The van der Waals surface area contributed by atoms with Crippen LogP contribution >= 0.6 is 0 Å². The average molecular weight is 548 g/mol. The number of carbonyl (C=O) groups excluding carboxylic acids is 1. The Kier molecular flexibility index (Phi) is 9.39. The molecule has 0 spiro atoms. The van der Waals surface area contributed by atoms with E-state index < -0.39 is 6.16 Å². The third kappa shape index (κ3) is 7.49. The molecule has 0 amide bonds. The summed E-state index contributed by atoms with van der Waals surface area (Å²) in [6.45, 7) is 20.9. The summed E-state index contributed by atoms with van der Waals surface area (Å²) >= 11 is 0. The summed E-state index contributed by atoms with van der Waals surface area (Å²) in [5.41, 5.74) is 5.45. The molecule has 1 saturated carbocycles. The Balaban J connectivity index is 1.49. The van der Waals surface area contributed by atoms with E-state index in [1.165, 1.54) is 28.7 Å². The Morgan fingerprint density at radius 2 is 1.32 bits per heavy atom. The predicted molar refractivity (Wildman–Crippen MR) is 165 cm³/mol. The van der Waals surface area contributed by atoms with Crippen LogP contribution in [0.4, 0.5) is 4.79 Å². The predicted octanol–water partition coefficient (Wildman–Crippen LogP) is 8.76. The molecule has 2 aliphatic rings. The quantitative estimate of drug-likeness (QED) is 0.367. The van der Waals surface area contributed by atoms with E-state index in [1.807, 2.05) is 0 Å². The second-order valence-electron chi connectivity index (χ2n) is 14.9. The first kappa shape index (κ1) is 30.6. The van der Waals surface area contributed by atoms with Crippen molar-refractivity contribution >= 4 is 6.16 Å². The summed E-state index contributed by atoms with van der Waals surface area (Å²) in [6.07, 6.45) is 3.28. The lowest BCUT2D eigenvalue weighted by atomic mass is 9.75. The van der Waals surface area contributed by atoms with E-state index in [4.69, 9.17) is 9.47 Å². The van der Waals surface area contributed by atoms with Crippen LogP contribution in [0.15, 0.2) is 48.5 Å². The van der Waals surface area contributed by atoms with Gasteiger partial charge in [-0.15, -0.1) is 0 Å². The molecule has 1 aliphatic carbocycles. The van der Waals surface area contributed by atoms with Crippen molar-refractivity contribution in [2.24, 2.45) is 17.8 Å². The third-order valence-electron chi connectivity index (χ3n) is 9.27. The van der Waals surface area contributed by atoms with Crippen molar-refractivity contribution in [3.63, 3.8) is 0 Å². The van der Waals surface area contributed by atoms with E-state index in [9.17, 15) is 4.79 Å². The highest BCUT2D eigenvalue weighted by Crippen LogP contribution is 2.37. The van der Waals surface area contributed by atoms with Crippen molar-refractivity contribution in [2.45, 2.75) is 123 Å². The SMILES string of the molecule is CC(C)[C@H]1CC[C@H](C)C[C@@H]1OC(=O)O[C@H]1CN[C@@H](C(c2ccc(C(C)(C)C)cc2)c2ccc(C(C)(C)C)cc2)C1. The maximum Gasteiger partial charge on any atom is 0.508 e. The molecule has 0 radical (unpaired) electrons. The van der Waals surface area contributed by atoms with E-state index in [1.54, 1.807) is 0 Å². The van der Waals surface area contributed by atoms with Crippen LogP contribution < -0.4 is 5.32 Å². The van der Waals surface area contributed by atoms with Crippen molar-refractivity contribution in [1.82, 2.24) is 5.32 Å². The largest absolute Gasteiger partial charge is 0.508 e. The first-order chi connectivity index (χ1) is 18.7. The van der Waals surface area contributed by atoms with Crippen LogP contribution in [0.25, 0.3) is 0 Å². The molecule has 1 saturated heterocycles. The van der Waals surface area contributed by atoms with Gasteiger partial charge in [0, 0.05) is 24.9 Å². The minimum Gasteiger partial charge on any atom is -0.431 e. The van der Waals surface area contributed by atoms with Crippen molar-refractivity contribution in [3.05, 3.63) is 70.8 Å². The van der Waals surface area contributed by atoms with Crippen LogP contribution in [-0.2, 0) is 20.3 Å². The maximum atomic E-state index is 12.9. The summed E-state index contributed by atoms with van der Waals surface area (Å²) < 4.78 is 11.9. The Morgan fingerprint density at radius 1 is 0.800 bits per heavy atom. The standard InChI is InChI=1S/C36H53NO3/c1-23(2)30-19-10-24(3)20-32(30)40-34(38)39-29-21-31(37-22-29)33(25-11-15-27(16-12-25)35(4,5)6)26-13-17-28(18-14-26)36(7,8)9/h11-18,23-24,29-33,37H,10,19-22H2,1-9H3/t24-,29+,30+,31+,32-/m0/s1. The highest BCUT2D eigenvalue weighted by molar-refractivity contribution is 5.60. The number of ether oxygens (including phenoxy) is 2. The molecule has 2 fully saturated rings. The maximum absolute atomic E-state index is 12.9. The smallest absolute Gasteiger partial charge is 0.431 e. The Hall–Kier alpha value is -2.33. The van der Waals surface area contributed by atoms with Gasteiger partial charge in [0.1, 0.15) is 12.2 Å². The second-order valence-corrected chi connectivity index (χ2v) is 14.9. The highest BCUT2D eigenvalue weighted by Gasteiger charge is 2.37. The van der Waals surface area contributed by atoms with Gasteiger partial charge in [0.15, 0.2) is 0 Å². The zero-order chi connectivity index (χ0) is 29.2. The van der Waals surface area contributed by atoms with Crippen molar-refractivity contribution in [3.8, 4) is 0 Å².